The van der Waals surface area contributed by atoms with Gasteiger partial charge in [0, 0.05) is 17.4 Å². The van der Waals surface area contributed by atoms with E-state index < -0.39 is 12.2 Å². The lowest BCUT2D eigenvalue weighted by molar-refractivity contribution is -0.140. The number of rotatable bonds is 6. The summed E-state index contributed by atoms with van der Waals surface area (Å²) in [5.41, 5.74) is 4.17. The standard InChI is InChI=1S/C32H48O4/c1-18(2)15-25-21(5)31(35)36-29(25)16-19(3)26-12-13-27-23(9-8-14-32(26,27)7)10-11-24-17-28(33)22(6)30(34)20(24)4/h10-11,18-19,22,25-30,33-34H,4-5,8-9,12-17H2,1-3,6-7H3/b23-10+,24-11-/t19-,22+,25-,26-,27+,28-,29+,30-,32-/m1/s1. The van der Waals surface area contributed by atoms with Crippen LogP contribution in [0.25, 0.3) is 0 Å². The third-order valence-corrected chi connectivity index (χ3v) is 10.3. The van der Waals surface area contributed by atoms with Crippen LogP contribution < -0.4 is 0 Å². The molecular formula is C32H48O4. The average molecular weight is 497 g/mol. The number of hydrogen-bond donors (Lipinski definition) is 2. The highest BCUT2D eigenvalue weighted by molar-refractivity contribution is 5.90. The number of aliphatic hydroxyl groups excluding tert-OH is 2. The van der Waals surface area contributed by atoms with Crippen LogP contribution in [0.3, 0.4) is 0 Å². The third-order valence-electron chi connectivity index (χ3n) is 10.3. The molecule has 1 saturated heterocycles. The minimum atomic E-state index is -0.674. The van der Waals surface area contributed by atoms with Crippen molar-refractivity contribution in [3.05, 3.63) is 47.6 Å². The highest BCUT2D eigenvalue weighted by Crippen LogP contribution is 2.60. The molecule has 0 aromatic rings. The van der Waals surface area contributed by atoms with Crippen LogP contribution in [-0.2, 0) is 9.53 Å². The number of carbonyl (C=O) groups is 1. The predicted molar refractivity (Wildman–Crippen MR) is 145 cm³/mol. The summed E-state index contributed by atoms with van der Waals surface area (Å²) >= 11 is 0. The topological polar surface area (TPSA) is 66.8 Å². The number of ether oxygens (including phenoxy) is 1. The van der Waals surface area contributed by atoms with Crippen molar-refractivity contribution < 1.29 is 19.7 Å². The van der Waals surface area contributed by atoms with Crippen molar-refractivity contribution >= 4 is 5.97 Å². The molecule has 36 heavy (non-hydrogen) atoms. The molecule has 200 valence electrons. The van der Waals surface area contributed by atoms with Crippen LogP contribution in [0.15, 0.2) is 47.6 Å². The summed E-state index contributed by atoms with van der Waals surface area (Å²) < 4.78 is 5.84. The van der Waals surface area contributed by atoms with Gasteiger partial charge in [-0.05, 0) is 91.6 Å². The van der Waals surface area contributed by atoms with Crippen LogP contribution in [0.1, 0.15) is 86.0 Å². The summed E-state index contributed by atoms with van der Waals surface area (Å²) in [5, 5.41) is 20.8. The van der Waals surface area contributed by atoms with Crippen LogP contribution in [0.2, 0.25) is 0 Å². The maximum absolute atomic E-state index is 12.3. The van der Waals surface area contributed by atoms with Gasteiger partial charge in [0.25, 0.3) is 0 Å². The van der Waals surface area contributed by atoms with E-state index >= 15 is 0 Å². The Labute approximate surface area is 218 Å². The molecule has 1 heterocycles. The zero-order valence-electron chi connectivity index (χ0n) is 23.1. The van der Waals surface area contributed by atoms with Gasteiger partial charge in [0.15, 0.2) is 0 Å². The molecule has 4 rings (SSSR count). The van der Waals surface area contributed by atoms with E-state index in [2.05, 4.69) is 53.0 Å². The lowest BCUT2D eigenvalue weighted by Crippen LogP contribution is -2.37. The second-order valence-corrected chi connectivity index (χ2v) is 13.0. The molecule has 0 aromatic carbocycles. The fraction of sp³-hybridized carbons (Fsp3) is 0.719. The van der Waals surface area contributed by atoms with E-state index in [1.54, 1.807) is 0 Å². The molecule has 4 nitrogen and oxygen atoms in total. The van der Waals surface area contributed by atoms with Crippen molar-refractivity contribution in [1.29, 1.82) is 0 Å². The maximum atomic E-state index is 12.3. The van der Waals surface area contributed by atoms with Crippen molar-refractivity contribution in [3.63, 3.8) is 0 Å². The molecule has 9 atom stereocenters. The molecule has 0 unspecified atom stereocenters. The number of fused-ring (bicyclic) bond motifs is 1. The Kier molecular flexibility index (Phi) is 8.07. The fourth-order valence-corrected chi connectivity index (χ4v) is 8.07. The van der Waals surface area contributed by atoms with Crippen molar-refractivity contribution in [2.45, 2.75) is 104 Å². The van der Waals surface area contributed by atoms with Crippen LogP contribution in [0.5, 0.6) is 0 Å². The molecule has 3 aliphatic carbocycles. The van der Waals surface area contributed by atoms with E-state index in [-0.39, 0.29) is 29.3 Å². The predicted octanol–water partition coefficient (Wildman–Crippen LogP) is 6.54. The number of hydrogen-bond acceptors (Lipinski definition) is 4. The minimum Gasteiger partial charge on any atom is -0.458 e. The first-order chi connectivity index (χ1) is 16.9. The van der Waals surface area contributed by atoms with Crippen molar-refractivity contribution in [2.24, 2.45) is 40.9 Å². The van der Waals surface area contributed by atoms with E-state index in [4.69, 9.17) is 4.74 Å². The van der Waals surface area contributed by atoms with Gasteiger partial charge in [0.05, 0.1) is 12.2 Å². The monoisotopic (exact) mass is 496 g/mol. The summed E-state index contributed by atoms with van der Waals surface area (Å²) in [7, 11) is 0. The van der Waals surface area contributed by atoms with Gasteiger partial charge in [-0.1, -0.05) is 65.5 Å². The SMILES string of the molecule is C=C1/C(=C\C=C2/CCC[C@]3(C)[C@@H]([C@H](C)C[C@@H]4OC(=O)C(=C)[C@H]4CC(C)C)CC[C@@H]23)C[C@@H](O)[C@H](C)[C@@H]1O. The van der Waals surface area contributed by atoms with Crippen molar-refractivity contribution in [3.8, 4) is 0 Å². The highest BCUT2D eigenvalue weighted by Gasteiger charge is 2.51. The molecule has 0 radical (unpaired) electrons. The normalized spacial score (nSPS) is 42.3. The molecule has 4 heteroatoms. The van der Waals surface area contributed by atoms with Gasteiger partial charge >= 0.3 is 5.97 Å². The summed E-state index contributed by atoms with van der Waals surface area (Å²) in [4.78, 5) is 12.3. The van der Waals surface area contributed by atoms with Crippen LogP contribution in [0, 0.1) is 40.9 Å². The van der Waals surface area contributed by atoms with Gasteiger partial charge in [0.1, 0.15) is 6.10 Å². The molecular weight excluding hydrogens is 448 g/mol. The largest absolute Gasteiger partial charge is 0.458 e. The second-order valence-electron chi connectivity index (χ2n) is 13.0. The third kappa shape index (κ3) is 5.05. The summed E-state index contributed by atoms with van der Waals surface area (Å²) in [6, 6.07) is 0. The minimum absolute atomic E-state index is 0.0362. The van der Waals surface area contributed by atoms with E-state index in [9.17, 15) is 15.0 Å². The van der Waals surface area contributed by atoms with E-state index in [1.807, 2.05) is 6.92 Å². The number of carbonyl (C=O) groups excluding carboxylic acids is 1. The van der Waals surface area contributed by atoms with Gasteiger partial charge < -0.3 is 14.9 Å². The molecule has 0 amide bonds. The summed E-state index contributed by atoms with van der Waals surface area (Å²) in [6.07, 6.45) is 11.6. The zero-order valence-corrected chi connectivity index (χ0v) is 23.1. The van der Waals surface area contributed by atoms with E-state index in [0.29, 0.717) is 35.7 Å². The number of allylic oxidation sites excluding steroid dienone is 3. The number of aliphatic hydroxyl groups is 2. The van der Waals surface area contributed by atoms with Gasteiger partial charge in [-0.3, -0.25) is 0 Å². The van der Waals surface area contributed by atoms with Crippen LogP contribution >= 0.6 is 0 Å². The Bertz CT molecular complexity index is 942. The highest BCUT2D eigenvalue weighted by atomic mass is 16.6. The molecule has 0 bridgehead atoms. The Hall–Kier alpha value is -1.65. The molecule has 1 aliphatic heterocycles. The van der Waals surface area contributed by atoms with Gasteiger partial charge in [-0.15, -0.1) is 0 Å². The molecule has 2 N–H and O–H groups in total. The lowest BCUT2D eigenvalue weighted by Gasteiger charge is -2.45. The fourth-order valence-electron chi connectivity index (χ4n) is 8.07. The first kappa shape index (κ1) is 27.4. The van der Waals surface area contributed by atoms with Gasteiger partial charge in [-0.25, -0.2) is 4.79 Å². The Morgan fingerprint density at radius 3 is 2.53 bits per heavy atom. The second kappa shape index (κ2) is 10.6. The van der Waals surface area contributed by atoms with Gasteiger partial charge in [-0.2, -0.15) is 0 Å². The van der Waals surface area contributed by atoms with Crippen molar-refractivity contribution in [1.82, 2.24) is 0 Å². The quantitative estimate of drug-likeness (QED) is 0.323. The summed E-state index contributed by atoms with van der Waals surface area (Å²) in [5.74, 6) is 1.95. The Balaban J connectivity index is 1.48. The van der Waals surface area contributed by atoms with Gasteiger partial charge in [0.2, 0.25) is 0 Å². The van der Waals surface area contributed by atoms with Crippen molar-refractivity contribution in [2.75, 3.05) is 0 Å². The van der Waals surface area contributed by atoms with Crippen LogP contribution in [-0.4, -0.2) is 34.5 Å². The Morgan fingerprint density at radius 2 is 1.83 bits per heavy atom. The first-order valence-electron chi connectivity index (χ1n) is 14.3. The molecule has 4 fully saturated rings. The average Bonchev–Trinajstić information content (AvgIpc) is 3.30. The smallest absolute Gasteiger partial charge is 0.334 e. The van der Waals surface area contributed by atoms with E-state index in [0.717, 1.165) is 30.4 Å². The molecule has 3 saturated carbocycles. The molecule has 4 aliphatic rings. The molecule has 0 spiro atoms. The van der Waals surface area contributed by atoms with Crippen LogP contribution in [0.4, 0.5) is 0 Å². The number of esters is 1. The maximum Gasteiger partial charge on any atom is 0.334 e. The first-order valence-corrected chi connectivity index (χ1v) is 14.3. The lowest BCUT2D eigenvalue weighted by atomic mass is 9.60. The Morgan fingerprint density at radius 1 is 1.11 bits per heavy atom. The van der Waals surface area contributed by atoms with E-state index in [1.165, 1.54) is 31.3 Å². The summed E-state index contributed by atoms with van der Waals surface area (Å²) in [6.45, 7) is 19.3. The molecule has 0 aromatic heterocycles. The zero-order chi connectivity index (χ0) is 26.4. The number of cyclic esters (lactones) is 1.